The molecule has 1 amide bonds. The van der Waals surface area contributed by atoms with E-state index in [1.54, 1.807) is 0 Å². The predicted octanol–water partition coefficient (Wildman–Crippen LogP) is 3.29. The Balaban J connectivity index is 1.73. The number of aliphatic hydroxyl groups excluding tert-OH is 1. The van der Waals surface area contributed by atoms with E-state index in [9.17, 15) is 9.90 Å². The molecule has 0 saturated heterocycles. The van der Waals surface area contributed by atoms with Crippen molar-refractivity contribution in [2.75, 3.05) is 0 Å². The molecule has 0 aromatic heterocycles. The lowest BCUT2D eigenvalue weighted by Crippen LogP contribution is -2.22. The van der Waals surface area contributed by atoms with Gasteiger partial charge in [-0.3, -0.25) is 4.79 Å². The van der Waals surface area contributed by atoms with Gasteiger partial charge in [-0.25, -0.2) is 0 Å². The second-order valence-corrected chi connectivity index (χ2v) is 5.06. The van der Waals surface area contributed by atoms with E-state index in [0.717, 1.165) is 16.7 Å². The number of aliphatic hydroxyl groups is 1. The van der Waals surface area contributed by atoms with Crippen molar-refractivity contribution in [1.29, 1.82) is 0 Å². The molecular weight excluding hydrogens is 274 g/mol. The molecule has 0 heterocycles. The molecule has 3 heteroatoms. The highest BCUT2D eigenvalue weighted by Gasteiger charge is 2.03. The summed E-state index contributed by atoms with van der Waals surface area (Å²) in [5.41, 5.74) is 2.95. The molecule has 2 rings (SSSR count). The molecule has 0 saturated carbocycles. The summed E-state index contributed by atoms with van der Waals surface area (Å²) in [6.45, 7) is 0.448. The van der Waals surface area contributed by atoms with Crippen LogP contribution in [0.4, 0.5) is 0 Å². The fourth-order valence-electron chi connectivity index (χ4n) is 2.16. The normalized spacial score (nSPS) is 10.8. The predicted molar refractivity (Wildman–Crippen MR) is 88.9 cm³/mol. The van der Waals surface area contributed by atoms with E-state index in [4.69, 9.17) is 0 Å². The van der Waals surface area contributed by atoms with Crippen molar-refractivity contribution in [1.82, 2.24) is 5.32 Å². The molecule has 114 valence electrons. The Bertz CT molecular complexity index is 620. The molecule has 0 atom stereocenters. The molecule has 0 radical (unpaired) electrons. The number of allylic oxidation sites excluding steroid dienone is 1. The van der Waals surface area contributed by atoms with E-state index in [1.807, 2.05) is 66.7 Å². The SMILES string of the molecule is O=C(CCC=Cc1ccccc1)NCc1ccccc1CO. The van der Waals surface area contributed by atoms with E-state index in [-0.39, 0.29) is 12.5 Å². The number of amides is 1. The van der Waals surface area contributed by atoms with Crippen LogP contribution in [0.3, 0.4) is 0 Å². The van der Waals surface area contributed by atoms with Crippen molar-refractivity contribution in [3.05, 3.63) is 77.4 Å². The lowest BCUT2D eigenvalue weighted by atomic mass is 10.1. The quantitative estimate of drug-likeness (QED) is 0.823. The van der Waals surface area contributed by atoms with Crippen molar-refractivity contribution < 1.29 is 9.90 Å². The van der Waals surface area contributed by atoms with Gasteiger partial charge in [0.15, 0.2) is 0 Å². The lowest BCUT2D eigenvalue weighted by Gasteiger charge is -2.08. The Labute approximate surface area is 131 Å². The van der Waals surface area contributed by atoms with E-state index >= 15 is 0 Å². The van der Waals surface area contributed by atoms with Gasteiger partial charge < -0.3 is 10.4 Å². The zero-order valence-corrected chi connectivity index (χ0v) is 12.5. The van der Waals surface area contributed by atoms with Gasteiger partial charge in [0.05, 0.1) is 6.61 Å². The fourth-order valence-corrected chi connectivity index (χ4v) is 2.16. The molecule has 0 aliphatic rings. The third-order valence-corrected chi connectivity index (χ3v) is 3.41. The van der Waals surface area contributed by atoms with E-state index in [2.05, 4.69) is 5.32 Å². The summed E-state index contributed by atoms with van der Waals surface area (Å²) in [5, 5.41) is 12.1. The highest BCUT2D eigenvalue weighted by molar-refractivity contribution is 5.76. The molecule has 0 unspecified atom stereocenters. The number of carbonyl (C=O) groups excluding carboxylic acids is 1. The van der Waals surface area contributed by atoms with Crippen LogP contribution >= 0.6 is 0 Å². The first kappa shape index (κ1) is 16.0. The van der Waals surface area contributed by atoms with Crippen LogP contribution in [0.15, 0.2) is 60.7 Å². The van der Waals surface area contributed by atoms with Crippen LogP contribution in [0.1, 0.15) is 29.5 Å². The van der Waals surface area contributed by atoms with Crippen molar-refractivity contribution in [3.8, 4) is 0 Å². The number of benzene rings is 2. The Kier molecular flexibility index (Phi) is 6.39. The largest absolute Gasteiger partial charge is 0.392 e. The molecule has 0 spiro atoms. The minimum absolute atomic E-state index is 0.00808. The molecule has 0 aliphatic carbocycles. The Morgan fingerprint density at radius 3 is 2.41 bits per heavy atom. The van der Waals surface area contributed by atoms with Crippen molar-refractivity contribution in [3.63, 3.8) is 0 Å². The smallest absolute Gasteiger partial charge is 0.220 e. The second-order valence-electron chi connectivity index (χ2n) is 5.06. The molecule has 0 bridgehead atoms. The average Bonchev–Trinajstić information content (AvgIpc) is 2.58. The van der Waals surface area contributed by atoms with E-state index in [0.29, 0.717) is 19.4 Å². The number of rotatable bonds is 7. The number of carbonyl (C=O) groups is 1. The lowest BCUT2D eigenvalue weighted by molar-refractivity contribution is -0.121. The fraction of sp³-hybridized carbons (Fsp3) is 0.211. The first-order valence-electron chi connectivity index (χ1n) is 7.45. The van der Waals surface area contributed by atoms with Crippen LogP contribution in [0.25, 0.3) is 6.08 Å². The number of nitrogens with one attached hydrogen (secondary N) is 1. The maximum absolute atomic E-state index is 11.8. The zero-order chi connectivity index (χ0) is 15.6. The Morgan fingerprint density at radius 1 is 1.00 bits per heavy atom. The van der Waals surface area contributed by atoms with Crippen LogP contribution in [-0.2, 0) is 17.9 Å². The molecule has 2 aromatic carbocycles. The van der Waals surface area contributed by atoms with Gasteiger partial charge in [0.2, 0.25) is 5.91 Å². The topological polar surface area (TPSA) is 49.3 Å². The van der Waals surface area contributed by atoms with Crippen molar-refractivity contribution >= 4 is 12.0 Å². The van der Waals surface area contributed by atoms with Crippen molar-refractivity contribution in [2.24, 2.45) is 0 Å². The molecule has 22 heavy (non-hydrogen) atoms. The second kappa shape index (κ2) is 8.80. The van der Waals surface area contributed by atoms with Gasteiger partial charge in [0.1, 0.15) is 0 Å². The molecule has 0 aliphatic heterocycles. The summed E-state index contributed by atoms with van der Waals surface area (Å²) < 4.78 is 0. The van der Waals surface area contributed by atoms with Gasteiger partial charge in [-0.15, -0.1) is 0 Å². The van der Waals surface area contributed by atoms with E-state index in [1.165, 1.54) is 0 Å². The monoisotopic (exact) mass is 295 g/mol. The minimum atomic E-state index is -0.00808. The third-order valence-electron chi connectivity index (χ3n) is 3.41. The summed E-state index contributed by atoms with van der Waals surface area (Å²) in [7, 11) is 0. The van der Waals surface area contributed by atoms with Crippen LogP contribution in [0.5, 0.6) is 0 Å². The first-order chi connectivity index (χ1) is 10.8. The van der Waals surface area contributed by atoms with Gasteiger partial charge in [-0.05, 0) is 23.1 Å². The van der Waals surface area contributed by atoms with E-state index < -0.39 is 0 Å². The summed E-state index contributed by atoms with van der Waals surface area (Å²) in [6, 6.07) is 17.6. The summed E-state index contributed by atoms with van der Waals surface area (Å²) in [6.07, 6.45) is 5.21. The standard InChI is InChI=1S/C19H21NO2/c21-15-18-12-6-5-11-17(18)14-20-19(22)13-7-4-10-16-8-2-1-3-9-16/h1-6,8-12,21H,7,13-15H2,(H,20,22). The molecule has 2 N–H and O–H groups in total. The average molecular weight is 295 g/mol. The van der Waals surface area contributed by atoms with Crippen LogP contribution in [0, 0.1) is 0 Å². The number of hydrogen-bond acceptors (Lipinski definition) is 2. The summed E-state index contributed by atoms with van der Waals surface area (Å²) in [5.74, 6) is 0.0189. The summed E-state index contributed by atoms with van der Waals surface area (Å²) >= 11 is 0. The minimum Gasteiger partial charge on any atom is -0.392 e. The number of hydrogen-bond donors (Lipinski definition) is 2. The van der Waals surface area contributed by atoms with Crippen molar-refractivity contribution in [2.45, 2.75) is 26.0 Å². The van der Waals surface area contributed by atoms with Gasteiger partial charge in [0.25, 0.3) is 0 Å². The van der Waals surface area contributed by atoms with Crippen LogP contribution < -0.4 is 5.32 Å². The van der Waals surface area contributed by atoms with Gasteiger partial charge in [-0.1, -0.05) is 66.7 Å². The Morgan fingerprint density at radius 2 is 1.68 bits per heavy atom. The van der Waals surface area contributed by atoms with Gasteiger partial charge >= 0.3 is 0 Å². The maximum Gasteiger partial charge on any atom is 0.220 e. The third kappa shape index (κ3) is 5.19. The Hall–Kier alpha value is -2.39. The van der Waals surface area contributed by atoms with Crippen LogP contribution in [0.2, 0.25) is 0 Å². The van der Waals surface area contributed by atoms with Gasteiger partial charge in [-0.2, -0.15) is 0 Å². The van der Waals surface area contributed by atoms with Crippen LogP contribution in [-0.4, -0.2) is 11.0 Å². The first-order valence-corrected chi connectivity index (χ1v) is 7.45. The molecule has 0 fully saturated rings. The molecule has 3 nitrogen and oxygen atoms in total. The highest BCUT2D eigenvalue weighted by atomic mass is 16.3. The van der Waals surface area contributed by atoms with Gasteiger partial charge in [0, 0.05) is 13.0 Å². The molecular formula is C19H21NO2. The summed E-state index contributed by atoms with van der Waals surface area (Å²) in [4.78, 5) is 11.8. The maximum atomic E-state index is 11.8. The molecule has 2 aromatic rings. The zero-order valence-electron chi connectivity index (χ0n) is 12.5. The highest BCUT2D eigenvalue weighted by Crippen LogP contribution is 2.08.